The Bertz CT molecular complexity index is 1090. The Morgan fingerprint density at radius 2 is 1.31 bits per heavy atom. The highest BCUT2D eigenvalue weighted by Gasteiger charge is 2.35. The van der Waals surface area contributed by atoms with Crippen molar-refractivity contribution in [1.29, 1.82) is 0 Å². The minimum Gasteiger partial charge on any atom is -0.268 e. The van der Waals surface area contributed by atoms with E-state index in [1.165, 1.54) is 35.4 Å². The van der Waals surface area contributed by atoms with E-state index < -0.39 is 16.7 Å². The summed E-state index contributed by atoms with van der Waals surface area (Å²) < 4.78 is 0. The van der Waals surface area contributed by atoms with E-state index in [4.69, 9.17) is 0 Å². The first-order chi connectivity index (χ1) is 12.6. The van der Waals surface area contributed by atoms with Gasteiger partial charge in [-0.05, 0) is 53.6 Å². The van der Waals surface area contributed by atoms with E-state index in [0.717, 1.165) is 28.5 Å². The second-order valence-corrected chi connectivity index (χ2v) is 6.51. The van der Waals surface area contributed by atoms with Crippen LogP contribution in [0.2, 0.25) is 0 Å². The van der Waals surface area contributed by atoms with Gasteiger partial charge in [0.1, 0.15) is 0 Å². The summed E-state index contributed by atoms with van der Waals surface area (Å²) in [6.45, 7) is 0. The molecule has 0 spiro atoms. The Morgan fingerprint density at radius 1 is 0.769 bits per heavy atom. The summed E-state index contributed by atoms with van der Waals surface area (Å²) in [6, 6.07) is 12.9. The number of non-ortho nitro benzene ring substituents is 1. The van der Waals surface area contributed by atoms with Gasteiger partial charge >= 0.3 is 0 Å². The number of anilines is 1. The maximum Gasteiger partial charge on any atom is 0.269 e. The number of carbonyl (C=O) groups excluding carboxylic acids is 2. The molecule has 3 aromatic rings. The van der Waals surface area contributed by atoms with Gasteiger partial charge in [0, 0.05) is 28.6 Å². The van der Waals surface area contributed by atoms with Crippen molar-refractivity contribution in [2.45, 2.75) is 12.8 Å². The highest BCUT2D eigenvalue weighted by Crippen LogP contribution is 2.39. The molecule has 3 aromatic carbocycles. The number of imide groups is 1. The minimum absolute atomic E-state index is 0.0895. The molecule has 126 valence electrons. The van der Waals surface area contributed by atoms with Crippen molar-refractivity contribution in [3.63, 3.8) is 0 Å². The predicted octanol–water partition coefficient (Wildman–Crippen LogP) is 3.65. The molecule has 0 atom stereocenters. The number of nitrogens with zero attached hydrogens (tertiary/aromatic N) is 2. The number of hydrogen-bond acceptors (Lipinski definition) is 4. The van der Waals surface area contributed by atoms with Crippen molar-refractivity contribution in [3.05, 3.63) is 80.9 Å². The molecule has 0 fully saturated rings. The van der Waals surface area contributed by atoms with E-state index in [-0.39, 0.29) is 5.69 Å². The summed E-state index contributed by atoms with van der Waals surface area (Å²) in [4.78, 5) is 37.5. The van der Waals surface area contributed by atoms with Crippen molar-refractivity contribution in [2.24, 2.45) is 0 Å². The summed E-state index contributed by atoms with van der Waals surface area (Å²) in [6.07, 6.45) is 1.84. The predicted molar refractivity (Wildman–Crippen MR) is 95.6 cm³/mol. The molecule has 0 saturated carbocycles. The lowest BCUT2D eigenvalue weighted by atomic mass is 9.91. The van der Waals surface area contributed by atoms with Crippen molar-refractivity contribution in [2.75, 3.05) is 4.90 Å². The second kappa shape index (κ2) is 4.98. The lowest BCUT2D eigenvalue weighted by Gasteiger charge is -2.27. The zero-order valence-electron chi connectivity index (χ0n) is 13.6. The quantitative estimate of drug-likeness (QED) is 0.404. The molecule has 2 aliphatic rings. The van der Waals surface area contributed by atoms with Gasteiger partial charge in [0.15, 0.2) is 0 Å². The van der Waals surface area contributed by atoms with Gasteiger partial charge in [0.2, 0.25) is 0 Å². The van der Waals surface area contributed by atoms with Crippen LogP contribution in [0.1, 0.15) is 31.8 Å². The normalized spacial score (nSPS) is 15.0. The molecule has 6 nitrogen and oxygen atoms in total. The highest BCUT2D eigenvalue weighted by molar-refractivity contribution is 6.36. The summed E-state index contributed by atoms with van der Waals surface area (Å²) in [7, 11) is 0. The number of aryl methyl sites for hydroxylation is 2. The van der Waals surface area contributed by atoms with Crippen LogP contribution in [0.4, 0.5) is 11.4 Å². The van der Waals surface area contributed by atoms with Gasteiger partial charge < -0.3 is 0 Å². The molecule has 0 N–H and O–H groups in total. The number of nitro groups is 1. The fourth-order valence-corrected chi connectivity index (χ4v) is 3.98. The van der Waals surface area contributed by atoms with Crippen molar-refractivity contribution >= 4 is 34.0 Å². The average molecular weight is 344 g/mol. The standard InChI is InChI=1S/C20H12N2O4/c23-19-15-9-3-11-1-2-12-4-10-16(18(15)17(11)12)20(24)21(19)13-5-7-14(8-6-13)22(25)26/h3-10H,1-2H2. The summed E-state index contributed by atoms with van der Waals surface area (Å²) in [5, 5.41) is 12.6. The smallest absolute Gasteiger partial charge is 0.268 e. The maximum atomic E-state index is 13.0. The van der Waals surface area contributed by atoms with Crippen molar-refractivity contribution in [1.82, 2.24) is 0 Å². The molecule has 2 amide bonds. The third-order valence-corrected chi connectivity index (χ3v) is 5.18. The molecule has 0 aromatic heterocycles. The molecule has 5 rings (SSSR count). The topological polar surface area (TPSA) is 80.5 Å². The summed E-state index contributed by atoms with van der Waals surface area (Å²) in [5.41, 5.74) is 3.58. The average Bonchev–Trinajstić information content (AvgIpc) is 3.07. The molecule has 1 aliphatic carbocycles. The fourth-order valence-electron chi connectivity index (χ4n) is 3.98. The largest absolute Gasteiger partial charge is 0.269 e. The first-order valence-corrected chi connectivity index (χ1v) is 8.27. The third-order valence-electron chi connectivity index (χ3n) is 5.18. The Balaban J connectivity index is 1.71. The van der Waals surface area contributed by atoms with Crippen LogP contribution < -0.4 is 4.90 Å². The van der Waals surface area contributed by atoms with Gasteiger partial charge in [-0.25, -0.2) is 4.90 Å². The first-order valence-electron chi connectivity index (χ1n) is 8.27. The van der Waals surface area contributed by atoms with Crippen LogP contribution in [0.15, 0.2) is 48.5 Å². The Morgan fingerprint density at radius 3 is 1.81 bits per heavy atom. The van der Waals surface area contributed by atoms with Crippen LogP contribution in [0.5, 0.6) is 0 Å². The van der Waals surface area contributed by atoms with Crippen LogP contribution in [0.25, 0.3) is 10.8 Å². The minimum atomic E-state index is -0.516. The van der Waals surface area contributed by atoms with Crippen molar-refractivity contribution < 1.29 is 14.5 Å². The molecule has 1 aliphatic heterocycles. The lowest BCUT2D eigenvalue weighted by Crippen LogP contribution is -2.40. The van der Waals surface area contributed by atoms with E-state index in [2.05, 4.69) is 0 Å². The maximum absolute atomic E-state index is 13.0. The number of benzene rings is 3. The van der Waals surface area contributed by atoms with Gasteiger partial charge in [-0.3, -0.25) is 19.7 Å². The number of nitro benzene ring substituents is 1. The summed E-state index contributed by atoms with van der Waals surface area (Å²) in [5.74, 6) is -0.793. The van der Waals surface area contributed by atoms with Crippen LogP contribution in [0, 0.1) is 10.1 Å². The van der Waals surface area contributed by atoms with E-state index in [1.54, 1.807) is 12.1 Å². The molecule has 0 bridgehead atoms. The lowest BCUT2D eigenvalue weighted by molar-refractivity contribution is -0.384. The number of amides is 2. The monoisotopic (exact) mass is 344 g/mol. The van der Waals surface area contributed by atoms with E-state index in [0.29, 0.717) is 16.8 Å². The number of rotatable bonds is 2. The van der Waals surface area contributed by atoms with E-state index >= 15 is 0 Å². The fraction of sp³-hybridized carbons (Fsp3) is 0.100. The van der Waals surface area contributed by atoms with E-state index in [9.17, 15) is 19.7 Å². The first kappa shape index (κ1) is 14.8. The van der Waals surface area contributed by atoms with Gasteiger partial charge in [-0.2, -0.15) is 0 Å². The number of hydrogen-bond donors (Lipinski definition) is 0. The zero-order chi connectivity index (χ0) is 18.0. The number of carbonyl (C=O) groups is 2. The highest BCUT2D eigenvalue weighted by atomic mass is 16.6. The third kappa shape index (κ3) is 1.81. The molecule has 0 unspecified atom stereocenters. The molecule has 1 heterocycles. The second-order valence-electron chi connectivity index (χ2n) is 6.51. The van der Waals surface area contributed by atoms with Crippen LogP contribution in [-0.2, 0) is 12.8 Å². The zero-order valence-corrected chi connectivity index (χ0v) is 13.6. The van der Waals surface area contributed by atoms with E-state index in [1.807, 2.05) is 12.1 Å². The summed E-state index contributed by atoms with van der Waals surface area (Å²) >= 11 is 0. The van der Waals surface area contributed by atoms with Gasteiger partial charge in [-0.15, -0.1) is 0 Å². The molecular formula is C20H12N2O4. The Hall–Kier alpha value is -3.54. The molecule has 0 saturated heterocycles. The SMILES string of the molecule is O=C1c2ccc3c4c(ccc(c24)C(=O)N1c1ccc([N+](=O)[O-])cc1)CC3. The van der Waals surface area contributed by atoms with Gasteiger partial charge in [0.25, 0.3) is 17.5 Å². The molecule has 6 heteroatoms. The Labute approximate surface area is 147 Å². The van der Waals surface area contributed by atoms with Gasteiger partial charge in [-0.1, -0.05) is 12.1 Å². The molecular weight excluding hydrogens is 332 g/mol. The van der Waals surface area contributed by atoms with Crippen LogP contribution >= 0.6 is 0 Å². The molecule has 26 heavy (non-hydrogen) atoms. The van der Waals surface area contributed by atoms with Gasteiger partial charge in [0.05, 0.1) is 10.6 Å². The molecule has 0 radical (unpaired) electrons. The van der Waals surface area contributed by atoms with Crippen LogP contribution in [-0.4, -0.2) is 16.7 Å². The Kier molecular flexibility index (Phi) is 2.83. The van der Waals surface area contributed by atoms with Crippen LogP contribution in [0.3, 0.4) is 0 Å². The van der Waals surface area contributed by atoms with Crippen molar-refractivity contribution in [3.8, 4) is 0 Å².